The highest BCUT2D eigenvalue weighted by Gasteiger charge is 2.19. The Morgan fingerprint density at radius 2 is 1.79 bits per heavy atom. The highest BCUT2D eigenvalue weighted by Crippen LogP contribution is 2.26. The van der Waals surface area contributed by atoms with Gasteiger partial charge in [0.1, 0.15) is 5.82 Å². The highest BCUT2D eigenvalue weighted by molar-refractivity contribution is 7.92. The van der Waals surface area contributed by atoms with E-state index in [4.69, 9.17) is 0 Å². The lowest BCUT2D eigenvalue weighted by atomic mass is 10.0. The number of nitrogens with zero attached hydrogens (tertiary/aromatic N) is 3. The first-order chi connectivity index (χ1) is 13.8. The lowest BCUT2D eigenvalue weighted by molar-refractivity contribution is 0.600. The molecule has 0 aliphatic rings. The minimum atomic E-state index is -3.75. The van der Waals surface area contributed by atoms with Gasteiger partial charge in [-0.25, -0.2) is 13.1 Å². The summed E-state index contributed by atoms with van der Waals surface area (Å²) in [5.74, 6) is 0.726. The standard InChI is InChI=1S/C22H22N4O2S/c1-15(2)17-7-9-19(10-8-17)29(27,28)25-22-13-16(3)24-26(22)21-6-4-5-18-14-23-12-11-20(18)21/h4-15,25H,1-3H3. The lowest BCUT2D eigenvalue weighted by Crippen LogP contribution is -2.16. The second-order valence-corrected chi connectivity index (χ2v) is 8.97. The van der Waals surface area contributed by atoms with Crippen molar-refractivity contribution in [2.75, 3.05) is 4.72 Å². The van der Waals surface area contributed by atoms with Gasteiger partial charge in [-0.2, -0.15) is 5.10 Å². The van der Waals surface area contributed by atoms with Crippen LogP contribution in [0.2, 0.25) is 0 Å². The number of anilines is 1. The molecule has 0 aliphatic carbocycles. The quantitative estimate of drug-likeness (QED) is 0.523. The zero-order valence-corrected chi connectivity index (χ0v) is 17.3. The Hall–Kier alpha value is -3.19. The molecule has 7 heteroatoms. The van der Waals surface area contributed by atoms with Gasteiger partial charge in [0.25, 0.3) is 10.0 Å². The molecule has 29 heavy (non-hydrogen) atoms. The SMILES string of the molecule is Cc1cc(NS(=O)(=O)c2ccc(C(C)C)cc2)n(-c2cccc3cnccc23)n1. The Morgan fingerprint density at radius 3 is 2.52 bits per heavy atom. The monoisotopic (exact) mass is 406 g/mol. The van der Waals surface area contributed by atoms with Crippen molar-refractivity contribution in [2.45, 2.75) is 31.6 Å². The molecule has 148 valence electrons. The van der Waals surface area contributed by atoms with E-state index in [1.807, 2.05) is 43.3 Å². The molecule has 0 radical (unpaired) electrons. The van der Waals surface area contributed by atoms with E-state index >= 15 is 0 Å². The van der Waals surface area contributed by atoms with Crippen molar-refractivity contribution in [2.24, 2.45) is 0 Å². The third-order valence-electron chi connectivity index (χ3n) is 4.81. The number of pyridine rings is 1. The zero-order chi connectivity index (χ0) is 20.6. The van der Waals surface area contributed by atoms with Crippen molar-refractivity contribution in [3.63, 3.8) is 0 Å². The van der Waals surface area contributed by atoms with E-state index in [-0.39, 0.29) is 4.90 Å². The van der Waals surface area contributed by atoms with Gasteiger partial charge >= 0.3 is 0 Å². The van der Waals surface area contributed by atoms with Gasteiger partial charge < -0.3 is 0 Å². The number of aryl methyl sites for hydroxylation is 1. The van der Waals surface area contributed by atoms with Crippen molar-refractivity contribution in [3.05, 3.63) is 78.2 Å². The smallest absolute Gasteiger partial charge is 0.263 e. The van der Waals surface area contributed by atoms with Crippen molar-refractivity contribution in [1.82, 2.24) is 14.8 Å². The summed E-state index contributed by atoms with van der Waals surface area (Å²) in [5, 5.41) is 6.41. The number of rotatable bonds is 5. The third kappa shape index (κ3) is 3.73. The molecule has 6 nitrogen and oxygen atoms in total. The molecule has 2 aromatic heterocycles. The van der Waals surface area contributed by atoms with Crippen LogP contribution in [0.15, 0.2) is 71.9 Å². The van der Waals surface area contributed by atoms with E-state index in [2.05, 4.69) is 28.7 Å². The number of benzene rings is 2. The van der Waals surface area contributed by atoms with E-state index in [1.165, 1.54) is 0 Å². The minimum Gasteiger partial charge on any atom is -0.264 e. The third-order valence-corrected chi connectivity index (χ3v) is 6.18. The van der Waals surface area contributed by atoms with Crippen LogP contribution in [0.3, 0.4) is 0 Å². The van der Waals surface area contributed by atoms with Gasteiger partial charge in [-0.3, -0.25) is 9.71 Å². The summed E-state index contributed by atoms with van der Waals surface area (Å²) < 4.78 is 30.3. The van der Waals surface area contributed by atoms with Crippen LogP contribution < -0.4 is 4.72 Å². The maximum atomic E-state index is 13.0. The van der Waals surface area contributed by atoms with Gasteiger partial charge in [0.05, 0.1) is 16.3 Å². The second-order valence-electron chi connectivity index (χ2n) is 7.29. The molecule has 0 unspecified atom stereocenters. The summed E-state index contributed by atoms with van der Waals surface area (Å²) in [7, 11) is -3.75. The molecule has 1 N–H and O–H groups in total. The number of nitrogens with one attached hydrogen (secondary N) is 1. The van der Waals surface area contributed by atoms with E-state index in [1.54, 1.807) is 35.3 Å². The molecule has 2 heterocycles. The van der Waals surface area contributed by atoms with Crippen LogP contribution in [0.4, 0.5) is 5.82 Å². The van der Waals surface area contributed by atoms with Gasteiger partial charge in [-0.15, -0.1) is 0 Å². The lowest BCUT2D eigenvalue weighted by Gasteiger charge is -2.13. The summed E-state index contributed by atoms with van der Waals surface area (Å²) >= 11 is 0. The number of aromatic nitrogens is 3. The van der Waals surface area contributed by atoms with E-state index in [0.717, 1.165) is 22.0 Å². The van der Waals surface area contributed by atoms with Crippen molar-refractivity contribution in [1.29, 1.82) is 0 Å². The maximum absolute atomic E-state index is 13.0. The van der Waals surface area contributed by atoms with Crippen molar-refractivity contribution >= 4 is 26.6 Å². The van der Waals surface area contributed by atoms with E-state index in [0.29, 0.717) is 17.4 Å². The Balaban J connectivity index is 1.75. The molecule has 0 aliphatic heterocycles. The van der Waals surface area contributed by atoms with Crippen molar-refractivity contribution < 1.29 is 8.42 Å². The van der Waals surface area contributed by atoms with Crippen LogP contribution in [0.25, 0.3) is 16.5 Å². The number of fused-ring (bicyclic) bond motifs is 1. The number of sulfonamides is 1. The van der Waals surface area contributed by atoms with Crippen LogP contribution in [0.5, 0.6) is 0 Å². The van der Waals surface area contributed by atoms with E-state index in [9.17, 15) is 8.42 Å². The molecule has 2 aromatic carbocycles. The first-order valence-electron chi connectivity index (χ1n) is 9.38. The van der Waals surface area contributed by atoms with Gasteiger partial charge in [-0.05, 0) is 42.7 Å². The molecule has 0 spiro atoms. The number of hydrogen-bond acceptors (Lipinski definition) is 4. The van der Waals surface area contributed by atoms with Crippen LogP contribution in [-0.4, -0.2) is 23.2 Å². The molecule has 0 bridgehead atoms. The first-order valence-corrected chi connectivity index (χ1v) is 10.9. The van der Waals surface area contributed by atoms with E-state index < -0.39 is 10.0 Å². The summed E-state index contributed by atoms with van der Waals surface area (Å²) in [6, 6.07) is 16.3. The second kappa shape index (κ2) is 7.33. The van der Waals surface area contributed by atoms with Gasteiger partial charge in [-0.1, -0.05) is 38.1 Å². The highest BCUT2D eigenvalue weighted by atomic mass is 32.2. The Labute approximate surface area is 170 Å². The number of hydrogen-bond donors (Lipinski definition) is 1. The van der Waals surface area contributed by atoms with Crippen LogP contribution in [-0.2, 0) is 10.0 Å². The predicted molar refractivity (Wildman–Crippen MR) is 115 cm³/mol. The Kier molecular flexibility index (Phi) is 4.84. The zero-order valence-electron chi connectivity index (χ0n) is 16.5. The molecule has 0 fully saturated rings. The normalized spacial score (nSPS) is 11.9. The molecular weight excluding hydrogens is 384 g/mol. The fourth-order valence-corrected chi connectivity index (χ4v) is 4.31. The summed E-state index contributed by atoms with van der Waals surface area (Å²) in [6.07, 6.45) is 3.48. The summed E-state index contributed by atoms with van der Waals surface area (Å²) in [6.45, 7) is 5.98. The average molecular weight is 407 g/mol. The van der Waals surface area contributed by atoms with Crippen LogP contribution in [0, 0.1) is 6.92 Å². The van der Waals surface area contributed by atoms with Crippen LogP contribution in [0.1, 0.15) is 31.0 Å². The van der Waals surface area contributed by atoms with Crippen LogP contribution >= 0.6 is 0 Å². The fraction of sp³-hybridized carbons (Fsp3) is 0.182. The molecule has 4 rings (SSSR count). The molecular formula is C22H22N4O2S. The minimum absolute atomic E-state index is 0.217. The molecule has 0 saturated heterocycles. The maximum Gasteiger partial charge on any atom is 0.263 e. The summed E-state index contributed by atoms with van der Waals surface area (Å²) in [5.41, 5.74) is 2.59. The van der Waals surface area contributed by atoms with Crippen molar-refractivity contribution in [3.8, 4) is 5.69 Å². The Morgan fingerprint density at radius 1 is 1.03 bits per heavy atom. The molecule has 0 amide bonds. The molecule has 0 atom stereocenters. The molecule has 4 aromatic rings. The van der Waals surface area contributed by atoms with Gasteiger partial charge in [0, 0.05) is 29.2 Å². The molecule has 0 saturated carbocycles. The largest absolute Gasteiger partial charge is 0.264 e. The first kappa shape index (κ1) is 19.1. The summed E-state index contributed by atoms with van der Waals surface area (Å²) in [4.78, 5) is 4.37. The average Bonchev–Trinajstić information content (AvgIpc) is 3.06. The predicted octanol–water partition coefficient (Wildman–Crippen LogP) is 4.65. The topological polar surface area (TPSA) is 76.9 Å². The van der Waals surface area contributed by atoms with Gasteiger partial charge in [0.15, 0.2) is 0 Å². The Bertz CT molecular complexity index is 1270. The fourth-order valence-electron chi connectivity index (χ4n) is 3.27. The van der Waals surface area contributed by atoms with Gasteiger partial charge in [0.2, 0.25) is 0 Å².